The molecule has 6 heteroatoms. The Labute approximate surface area is 131 Å². The Morgan fingerprint density at radius 2 is 2.30 bits per heavy atom. The zero-order valence-electron chi connectivity index (χ0n) is 11.2. The number of rotatable bonds is 4. The van der Waals surface area contributed by atoms with E-state index in [1.165, 1.54) is 0 Å². The van der Waals surface area contributed by atoms with E-state index in [0.29, 0.717) is 11.4 Å². The third-order valence-electron chi connectivity index (χ3n) is 3.10. The maximum absolute atomic E-state index is 12.4. The van der Waals surface area contributed by atoms with Crippen molar-refractivity contribution in [3.63, 3.8) is 0 Å². The highest BCUT2D eigenvalue weighted by Crippen LogP contribution is 2.24. The molecule has 1 heterocycles. The summed E-state index contributed by atoms with van der Waals surface area (Å²) in [5, 5.41) is 7.72. The highest BCUT2D eigenvalue weighted by Gasteiger charge is 2.20. The highest BCUT2D eigenvalue weighted by molar-refractivity contribution is 9.10. The van der Waals surface area contributed by atoms with Crippen molar-refractivity contribution in [2.75, 3.05) is 5.32 Å². The number of hydrogen-bond donors (Lipinski definition) is 1. The number of anilines is 1. The first-order valence-corrected chi connectivity index (χ1v) is 7.45. The van der Waals surface area contributed by atoms with E-state index in [1.807, 2.05) is 26.0 Å². The Morgan fingerprint density at radius 3 is 2.90 bits per heavy atom. The average molecular weight is 357 g/mol. The van der Waals surface area contributed by atoms with Crippen LogP contribution in [0.4, 0.5) is 5.69 Å². The third kappa shape index (κ3) is 3.22. The van der Waals surface area contributed by atoms with Gasteiger partial charge in [0.25, 0.3) is 0 Å². The van der Waals surface area contributed by atoms with Gasteiger partial charge in [0.15, 0.2) is 0 Å². The van der Waals surface area contributed by atoms with Crippen LogP contribution >= 0.6 is 27.5 Å². The predicted molar refractivity (Wildman–Crippen MR) is 84.1 cm³/mol. The van der Waals surface area contributed by atoms with Gasteiger partial charge in [-0.25, -0.2) is 0 Å². The maximum atomic E-state index is 12.4. The molecule has 2 rings (SSSR count). The molecule has 0 aliphatic rings. The van der Waals surface area contributed by atoms with Crippen molar-refractivity contribution in [2.45, 2.75) is 26.3 Å². The van der Waals surface area contributed by atoms with Crippen molar-refractivity contribution < 1.29 is 4.79 Å². The van der Waals surface area contributed by atoms with Gasteiger partial charge in [-0.15, -0.1) is 0 Å². The number of halogens is 2. The van der Waals surface area contributed by atoms with E-state index >= 15 is 0 Å². The number of amides is 1. The van der Waals surface area contributed by atoms with Crippen LogP contribution in [-0.2, 0) is 4.79 Å². The Morgan fingerprint density at radius 1 is 1.55 bits per heavy atom. The zero-order valence-corrected chi connectivity index (χ0v) is 13.6. The van der Waals surface area contributed by atoms with Crippen LogP contribution in [0.2, 0.25) is 5.02 Å². The van der Waals surface area contributed by atoms with E-state index in [2.05, 4.69) is 26.3 Å². The largest absolute Gasteiger partial charge is 0.324 e. The number of carbonyl (C=O) groups excluding carboxylic acids is 1. The smallest absolute Gasteiger partial charge is 0.249 e. The molecule has 0 bridgehead atoms. The van der Waals surface area contributed by atoms with Crippen molar-refractivity contribution in [1.29, 1.82) is 0 Å². The molecule has 4 nitrogen and oxygen atoms in total. The summed E-state index contributed by atoms with van der Waals surface area (Å²) < 4.78 is 2.50. The molecular formula is C14H15BrClN3O. The van der Waals surface area contributed by atoms with E-state index in [9.17, 15) is 4.79 Å². The number of nitrogens with zero attached hydrogens (tertiary/aromatic N) is 2. The van der Waals surface area contributed by atoms with Gasteiger partial charge in [-0.05, 0) is 47.0 Å². The molecular weight excluding hydrogens is 342 g/mol. The first-order valence-electron chi connectivity index (χ1n) is 6.28. The lowest BCUT2D eigenvalue weighted by Gasteiger charge is -2.17. The lowest BCUT2D eigenvalue weighted by atomic mass is 10.1. The number of benzene rings is 1. The summed E-state index contributed by atoms with van der Waals surface area (Å²) in [4.78, 5) is 12.4. The number of nitrogens with one attached hydrogen (secondary N) is 1. The standard InChI is InChI=1S/C14H15BrClN3O/c1-3-13(19-8-10(15)7-17-19)14(20)18-12-6-4-5-11(16)9(12)2/h4-8,13H,3H2,1-2H3,(H,18,20). The van der Waals surface area contributed by atoms with Crippen LogP contribution in [0.1, 0.15) is 24.9 Å². The van der Waals surface area contributed by atoms with Crippen LogP contribution in [0.3, 0.4) is 0 Å². The Bertz CT molecular complexity index is 627. The molecule has 0 fully saturated rings. The van der Waals surface area contributed by atoms with Crippen LogP contribution in [0.15, 0.2) is 35.1 Å². The van der Waals surface area contributed by atoms with Crippen LogP contribution in [0, 0.1) is 6.92 Å². The number of carbonyl (C=O) groups is 1. The second kappa shape index (κ2) is 6.41. The van der Waals surface area contributed by atoms with Gasteiger partial charge in [0.2, 0.25) is 5.91 Å². The molecule has 0 spiro atoms. The highest BCUT2D eigenvalue weighted by atomic mass is 79.9. The molecule has 0 saturated heterocycles. The summed E-state index contributed by atoms with van der Waals surface area (Å²) in [5.74, 6) is -0.103. The molecule has 0 radical (unpaired) electrons. The average Bonchev–Trinajstić information content (AvgIpc) is 2.82. The SMILES string of the molecule is CCC(C(=O)Nc1cccc(Cl)c1C)n1cc(Br)cn1. The summed E-state index contributed by atoms with van der Waals surface area (Å²) in [6.07, 6.45) is 4.11. The molecule has 2 aromatic rings. The second-order valence-corrected chi connectivity index (χ2v) is 5.79. The summed E-state index contributed by atoms with van der Waals surface area (Å²) in [7, 11) is 0. The van der Waals surface area contributed by atoms with Crippen LogP contribution in [0.5, 0.6) is 0 Å². The molecule has 0 saturated carbocycles. The first kappa shape index (κ1) is 15.1. The molecule has 20 heavy (non-hydrogen) atoms. The van der Waals surface area contributed by atoms with Crippen LogP contribution in [0.25, 0.3) is 0 Å². The van der Waals surface area contributed by atoms with E-state index in [-0.39, 0.29) is 11.9 Å². The molecule has 1 amide bonds. The van der Waals surface area contributed by atoms with Gasteiger partial charge >= 0.3 is 0 Å². The van der Waals surface area contributed by atoms with Crippen molar-refractivity contribution in [1.82, 2.24) is 9.78 Å². The fraction of sp³-hybridized carbons (Fsp3) is 0.286. The topological polar surface area (TPSA) is 46.9 Å². The fourth-order valence-electron chi connectivity index (χ4n) is 1.94. The molecule has 1 N–H and O–H groups in total. The molecule has 1 atom stereocenters. The predicted octanol–water partition coefficient (Wildman–Crippen LogP) is 4.20. The van der Waals surface area contributed by atoms with Crippen molar-refractivity contribution in [3.05, 3.63) is 45.7 Å². The van der Waals surface area contributed by atoms with Crippen LogP contribution < -0.4 is 5.32 Å². The molecule has 106 valence electrons. The van der Waals surface area contributed by atoms with E-state index in [0.717, 1.165) is 15.7 Å². The van der Waals surface area contributed by atoms with Gasteiger partial charge < -0.3 is 5.32 Å². The monoisotopic (exact) mass is 355 g/mol. The number of hydrogen-bond acceptors (Lipinski definition) is 2. The summed E-state index contributed by atoms with van der Waals surface area (Å²) in [6.45, 7) is 3.83. The minimum absolute atomic E-state index is 0.103. The Balaban J connectivity index is 2.20. The van der Waals surface area contributed by atoms with E-state index in [4.69, 9.17) is 11.6 Å². The lowest BCUT2D eigenvalue weighted by molar-refractivity contribution is -0.119. The minimum Gasteiger partial charge on any atom is -0.324 e. The second-order valence-electron chi connectivity index (χ2n) is 4.46. The Kier molecular flexibility index (Phi) is 4.83. The molecule has 0 aliphatic heterocycles. The first-order chi connectivity index (χ1) is 9.52. The quantitative estimate of drug-likeness (QED) is 0.892. The molecule has 1 aromatic heterocycles. The minimum atomic E-state index is -0.348. The van der Waals surface area contributed by atoms with E-state index < -0.39 is 0 Å². The van der Waals surface area contributed by atoms with Crippen molar-refractivity contribution in [2.24, 2.45) is 0 Å². The van der Waals surface area contributed by atoms with Crippen molar-refractivity contribution >= 4 is 39.1 Å². The fourth-order valence-corrected chi connectivity index (χ4v) is 2.41. The molecule has 1 aromatic carbocycles. The Hall–Kier alpha value is -1.33. The lowest BCUT2D eigenvalue weighted by Crippen LogP contribution is -2.26. The van der Waals surface area contributed by atoms with Gasteiger partial charge in [0.1, 0.15) is 6.04 Å². The van der Waals surface area contributed by atoms with Gasteiger partial charge in [-0.1, -0.05) is 24.6 Å². The van der Waals surface area contributed by atoms with Gasteiger partial charge in [0, 0.05) is 16.9 Å². The summed E-state index contributed by atoms with van der Waals surface area (Å²) in [6, 6.07) is 5.11. The molecule has 0 aliphatic carbocycles. The van der Waals surface area contributed by atoms with Crippen molar-refractivity contribution in [3.8, 4) is 0 Å². The molecule has 1 unspecified atom stereocenters. The zero-order chi connectivity index (χ0) is 14.7. The number of aromatic nitrogens is 2. The third-order valence-corrected chi connectivity index (χ3v) is 3.92. The van der Waals surface area contributed by atoms with Crippen LogP contribution in [-0.4, -0.2) is 15.7 Å². The van der Waals surface area contributed by atoms with Gasteiger partial charge in [-0.2, -0.15) is 5.10 Å². The summed E-state index contributed by atoms with van der Waals surface area (Å²) >= 11 is 9.39. The maximum Gasteiger partial charge on any atom is 0.249 e. The summed E-state index contributed by atoms with van der Waals surface area (Å²) in [5.41, 5.74) is 1.59. The normalized spacial score (nSPS) is 12.2. The van der Waals surface area contributed by atoms with Gasteiger partial charge in [-0.3, -0.25) is 9.48 Å². The van der Waals surface area contributed by atoms with Gasteiger partial charge in [0.05, 0.1) is 10.7 Å². The van der Waals surface area contributed by atoms with E-state index in [1.54, 1.807) is 23.1 Å².